The molecule has 29 heavy (non-hydrogen) atoms. The van der Waals surface area contributed by atoms with Crippen molar-refractivity contribution in [3.05, 3.63) is 58.4 Å². The predicted molar refractivity (Wildman–Crippen MR) is 122 cm³/mol. The van der Waals surface area contributed by atoms with Crippen molar-refractivity contribution in [1.29, 1.82) is 0 Å². The molecule has 3 aromatic rings. The fourth-order valence-electron chi connectivity index (χ4n) is 3.34. The largest absolute Gasteiger partial charge is 0.356 e. The number of hydrogen-bond acceptors (Lipinski definition) is 4. The Morgan fingerprint density at radius 1 is 1.24 bits per heavy atom. The van der Waals surface area contributed by atoms with E-state index in [1.165, 1.54) is 16.8 Å². The first-order valence-corrected chi connectivity index (χ1v) is 10.8. The number of aliphatic imine (C=N–C) groups is 1. The van der Waals surface area contributed by atoms with Crippen molar-refractivity contribution >= 4 is 17.3 Å². The van der Waals surface area contributed by atoms with E-state index in [9.17, 15) is 0 Å². The minimum Gasteiger partial charge on any atom is -0.356 e. The predicted octanol–water partition coefficient (Wildman–Crippen LogP) is 3.50. The number of thiazole rings is 1. The van der Waals surface area contributed by atoms with E-state index >= 15 is 0 Å². The van der Waals surface area contributed by atoms with E-state index in [4.69, 9.17) is 4.98 Å². The van der Waals surface area contributed by atoms with E-state index in [-0.39, 0.29) is 6.04 Å². The molecule has 1 aromatic carbocycles. The zero-order valence-electron chi connectivity index (χ0n) is 17.9. The second-order valence-corrected chi connectivity index (χ2v) is 8.14. The van der Waals surface area contributed by atoms with Crippen molar-refractivity contribution in [1.82, 2.24) is 25.4 Å². The van der Waals surface area contributed by atoms with Crippen molar-refractivity contribution in [2.24, 2.45) is 12.0 Å². The molecule has 1 atom stereocenters. The zero-order valence-corrected chi connectivity index (χ0v) is 18.7. The summed E-state index contributed by atoms with van der Waals surface area (Å²) in [5.41, 5.74) is 5.89. The fourth-order valence-corrected chi connectivity index (χ4v) is 4.20. The summed E-state index contributed by atoms with van der Waals surface area (Å²) in [6.45, 7) is 7.15. The maximum absolute atomic E-state index is 4.75. The highest BCUT2D eigenvalue weighted by molar-refractivity contribution is 7.13. The van der Waals surface area contributed by atoms with Crippen LogP contribution in [-0.2, 0) is 19.9 Å². The summed E-state index contributed by atoms with van der Waals surface area (Å²) in [4.78, 5) is 9.11. The quantitative estimate of drug-likeness (QED) is 0.462. The van der Waals surface area contributed by atoms with Crippen LogP contribution in [-0.4, -0.2) is 40.4 Å². The number of guanidine groups is 1. The van der Waals surface area contributed by atoms with Crippen LogP contribution in [0.15, 0.2) is 40.7 Å². The van der Waals surface area contributed by atoms with Gasteiger partial charge >= 0.3 is 0 Å². The van der Waals surface area contributed by atoms with E-state index in [0.29, 0.717) is 0 Å². The van der Waals surface area contributed by atoms with Gasteiger partial charge in [0.2, 0.25) is 0 Å². The van der Waals surface area contributed by atoms with Crippen LogP contribution in [0.25, 0.3) is 10.6 Å². The minimum atomic E-state index is 0.256. The van der Waals surface area contributed by atoms with Gasteiger partial charge in [-0.3, -0.25) is 9.67 Å². The lowest BCUT2D eigenvalue weighted by Gasteiger charge is -2.18. The molecule has 0 radical (unpaired) electrons. The van der Waals surface area contributed by atoms with Crippen LogP contribution in [0, 0.1) is 13.8 Å². The SMILES string of the molecule is CN=C(NCCc1csc(-c2ccccc2)n1)NC(C)Cc1c(C)nn(C)c1C. The highest BCUT2D eigenvalue weighted by Gasteiger charge is 2.14. The van der Waals surface area contributed by atoms with Crippen LogP contribution < -0.4 is 10.6 Å². The summed E-state index contributed by atoms with van der Waals surface area (Å²) in [7, 11) is 3.80. The van der Waals surface area contributed by atoms with Crippen molar-refractivity contribution in [3.63, 3.8) is 0 Å². The number of nitrogens with zero attached hydrogens (tertiary/aromatic N) is 4. The molecule has 0 saturated carbocycles. The third kappa shape index (κ3) is 5.44. The number of rotatable bonds is 7. The Bertz CT molecular complexity index is 957. The molecule has 1 unspecified atom stereocenters. The van der Waals surface area contributed by atoms with Gasteiger partial charge in [0.05, 0.1) is 11.4 Å². The third-order valence-corrected chi connectivity index (χ3v) is 5.96. The number of nitrogens with one attached hydrogen (secondary N) is 2. The summed E-state index contributed by atoms with van der Waals surface area (Å²) >= 11 is 1.69. The summed E-state index contributed by atoms with van der Waals surface area (Å²) in [5.74, 6) is 0.815. The molecule has 7 heteroatoms. The third-order valence-electron chi connectivity index (χ3n) is 5.02. The molecule has 2 N–H and O–H groups in total. The summed E-state index contributed by atoms with van der Waals surface area (Å²) < 4.78 is 1.95. The Morgan fingerprint density at radius 3 is 2.66 bits per heavy atom. The summed E-state index contributed by atoms with van der Waals surface area (Å²) in [5, 5.41) is 14.6. The maximum atomic E-state index is 4.75. The van der Waals surface area contributed by atoms with Gasteiger partial charge in [-0.15, -0.1) is 11.3 Å². The molecule has 3 rings (SSSR count). The van der Waals surface area contributed by atoms with Gasteiger partial charge in [0.15, 0.2) is 5.96 Å². The Kier molecular flexibility index (Phi) is 7.04. The molecule has 0 saturated heterocycles. The van der Waals surface area contributed by atoms with E-state index in [0.717, 1.165) is 41.7 Å². The van der Waals surface area contributed by atoms with Crippen LogP contribution in [0.5, 0.6) is 0 Å². The van der Waals surface area contributed by atoms with Crippen LogP contribution >= 0.6 is 11.3 Å². The highest BCUT2D eigenvalue weighted by Crippen LogP contribution is 2.23. The molecule has 0 aliphatic heterocycles. The van der Waals surface area contributed by atoms with Crippen LogP contribution in [0.1, 0.15) is 29.6 Å². The van der Waals surface area contributed by atoms with Gasteiger partial charge in [-0.05, 0) is 32.8 Å². The van der Waals surface area contributed by atoms with Crippen molar-refractivity contribution < 1.29 is 0 Å². The number of aryl methyl sites for hydroxylation is 2. The molecule has 6 nitrogen and oxygen atoms in total. The number of aromatic nitrogens is 3. The number of hydrogen-bond donors (Lipinski definition) is 2. The van der Waals surface area contributed by atoms with Gasteiger partial charge < -0.3 is 10.6 Å². The summed E-state index contributed by atoms with van der Waals surface area (Å²) in [6, 6.07) is 10.6. The van der Waals surface area contributed by atoms with Crippen molar-refractivity contribution in [3.8, 4) is 10.6 Å². The van der Waals surface area contributed by atoms with Gasteiger partial charge in [0, 0.05) is 49.7 Å². The first-order valence-electron chi connectivity index (χ1n) is 9.94. The average molecular weight is 411 g/mol. The Labute approximate surface area is 177 Å². The molecule has 0 aliphatic carbocycles. The van der Waals surface area contributed by atoms with E-state index < -0.39 is 0 Å². The zero-order chi connectivity index (χ0) is 20.8. The second kappa shape index (κ2) is 9.69. The Balaban J connectivity index is 1.49. The molecular weight excluding hydrogens is 380 g/mol. The van der Waals surface area contributed by atoms with Gasteiger partial charge in [-0.1, -0.05) is 30.3 Å². The lowest BCUT2D eigenvalue weighted by Crippen LogP contribution is -2.43. The average Bonchev–Trinajstić information content (AvgIpc) is 3.28. The topological polar surface area (TPSA) is 67.1 Å². The first kappa shape index (κ1) is 21.0. The molecule has 0 aliphatic rings. The lowest BCUT2D eigenvalue weighted by atomic mass is 10.1. The molecule has 0 fully saturated rings. The maximum Gasteiger partial charge on any atom is 0.191 e. The second-order valence-electron chi connectivity index (χ2n) is 7.28. The molecule has 2 heterocycles. The molecule has 0 amide bonds. The first-order chi connectivity index (χ1) is 14.0. The Morgan fingerprint density at radius 2 is 2.00 bits per heavy atom. The fraction of sp³-hybridized carbons (Fsp3) is 0.409. The Hall–Kier alpha value is -2.67. The smallest absolute Gasteiger partial charge is 0.191 e. The summed E-state index contributed by atoms with van der Waals surface area (Å²) in [6.07, 6.45) is 1.78. The lowest BCUT2D eigenvalue weighted by molar-refractivity contribution is 0.635. The van der Waals surface area contributed by atoms with Gasteiger partial charge in [-0.25, -0.2) is 4.98 Å². The monoisotopic (exact) mass is 410 g/mol. The van der Waals surface area contributed by atoms with Crippen LogP contribution in [0.4, 0.5) is 0 Å². The van der Waals surface area contributed by atoms with Crippen molar-refractivity contribution in [2.75, 3.05) is 13.6 Å². The van der Waals surface area contributed by atoms with Gasteiger partial charge in [-0.2, -0.15) is 5.10 Å². The minimum absolute atomic E-state index is 0.256. The molecule has 2 aromatic heterocycles. The molecule has 0 bridgehead atoms. The van der Waals surface area contributed by atoms with E-state index in [2.05, 4.69) is 59.0 Å². The van der Waals surface area contributed by atoms with Gasteiger partial charge in [0.1, 0.15) is 5.01 Å². The van der Waals surface area contributed by atoms with Gasteiger partial charge in [0.25, 0.3) is 0 Å². The molecular formula is C22H30N6S. The standard InChI is InChI=1S/C22H30N6S/c1-15(13-20-16(2)27-28(5)17(20)3)25-22(23-4)24-12-11-19-14-29-21(26-19)18-9-7-6-8-10-18/h6-10,14-15H,11-13H2,1-5H3,(H2,23,24,25). The molecule has 154 valence electrons. The number of benzene rings is 1. The van der Waals surface area contributed by atoms with E-state index in [1.807, 2.05) is 29.9 Å². The van der Waals surface area contributed by atoms with Crippen LogP contribution in [0.2, 0.25) is 0 Å². The van der Waals surface area contributed by atoms with Crippen molar-refractivity contribution in [2.45, 2.75) is 39.7 Å². The van der Waals surface area contributed by atoms with Crippen LogP contribution in [0.3, 0.4) is 0 Å². The molecule has 0 spiro atoms. The van der Waals surface area contributed by atoms with E-state index in [1.54, 1.807) is 18.4 Å². The highest BCUT2D eigenvalue weighted by atomic mass is 32.1. The normalized spacial score (nSPS) is 12.8.